The lowest BCUT2D eigenvalue weighted by Crippen LogP contribution is -2.55. The second-order valence-electron chi connectivity index (χ2n) is 7.12. The van der Waals surface area contributed by atoms with Gasteiger partial charge in [-0.3, -0.25) is 9.79 Å². The van der Waals surface area contributed by atoms with Crippen LogP contribution in [-0.4, -0.2) is 55.2 Å². The third-order valence-corrected chi connectivity index (χ3v) is 6.03. The lowest BCUT2D eigenvalue weighted by molar-refractivity contribution is 0.0501. The summed E-state index contributed by atoms with van der Waals surface area (Å²) >= 11 is 7.03. The van der Waals surface area contributed by atoms with E-state index in [1.54, 1.807) is 17.4 Å². The predicted molar refractivity (Wildman–Crippen MR) is 135 cm³/mol. The number of hydrogen-bond acceptors (Lipinski definition) is 5. The molecule has 7 heteroatoms. The number of piperazine rings is 1. The molecular formula is C24H36ClN3O2S. The van der Waals surface area contributed by atoms with Crippen LogP contribution in [0.3, 0.4) is 0 Å². The second kappa shape index (κ2) is 15.8. The van der Waals surface area contributed by atoms with Crippen molar-refractivity contribution in [2.75, 3.05) is 26.2 Å². The molecule has 1 aromatic rings. The molecule has 0 aliphatic carbocycles. The number of allylic oxidation sites excluding steroid dienone is 3. The summed E-state index contributed by atoms with van der Waals surface area (Å²) in [4.78, 5) is 20.5. The molecule has 1 saturated heterocycles. The number of aliphatic imine (C=N–C) groups is 1. The van der Waals surface area contributed by atoms with E-state index in [0.717, 1.165) is 30.7 Å². The van der Waals surface area contributed by atoms with E-state index >= 15 is 0 Å². The summed E-state index contributed by atoms with van der Waals surface area (Å²) in [5.41, 5.74) is 0. The van der Waals surface area contributed by atoms with Crippen LogP contribution in [0.1, 0.15) is 48.2 Å². The number of carbonyl (C=O) groups excluding carboxylic acids is 1. The highest BCUT2D eigenvalue weighted by Crippen LogP contribution is 2.21. The first kappa shape index (κ1) is 27.1. The molecule has 172 valence electrons. The maximum atomic E-state index is 13.0. The van der Waals surface area contributed by atoms with E-state index in [1.807, 2.05) is 24.0 Å². The average Bonchev–Trinajstić information content (AvgIpc) is 3.26. The first-order chi connectivity index (χ1) is 15.0. The average molecular weight is 466 g/mol. The molecule has 5 nitrogen and oxygen atoms in total. The highest BCUT2D eigenvalue weighted by molar-refractivity contribution is 7.14. The van der Waals surface area contributed by atoms with Gasteiger partial charge in [-0.2, -0.15) is 0 Å². The highest BCUT2D eigenvalue weighted by Gasteiger charge is 2.28. The Balaban J connectivity index is 0.000000861. The fourth-order valence-electron chi connectivity index (χ4n) is 2.72. The number of nitrogens with one attached hydrogen (secondary N) is 1. The molecule has 1 aliphatic rings. The van der Waals surface area contributed by atoms with Crippen LogP contribution in [0, 0.1) is 0 Å². The van der Waals surface area contributed by atoms with Gasteiger partial charge in [-0.1, -0.05) is 32.6 Å². The van der Waals surface area contributed by atoms with Crippen molar-refractivity contribution in [3.8, 4) is 0 Å². The fourth-order valence-corrected chi connectivity index (χ4v) is 3.66. The number of rotatable bonds is 10. The Labute approximate surface area is 196 Å². The molecule has 0 spiro atoms. The molecule has 2 rings (SSSR count). The zero-order valence-electron chi connectivity index (χ0n) is 19.0. The van der Waals surface area contributed by atoms with Crippen LogP contribution < -0.4 is 5.32 Å². The Hall–Kier alpha value is -1.89. The predicted octanol–water partition coefficient (Wildman–Crippen LogP) is 5.44. The van der Waals surface area contributed by atoms with Crippen LogP contribution in [0.25, 0.3) is 0 Å². The monoisotopic (exact) mass is 465 g/mol. The van der Waals surface area contributed by atoms with Crippen LogP contribution in [0.4, 0.5) is 0 Å². The van der Waals surface area contributed by atoms with Crippen molar-refractivity contribution < 1.29 is 9.53 Å². The van der Waals surface area contributed by atoms with Crippen LogP contribution in [0.2, 0.25) is 0 Å². The van der Waals surface area contributed by atoms with Gasteiger partial charge in [0.15, 0.2) is 0 Å². The minimum absolute atomic E-state index is 0.0325. The Morgan fingerprint density at radius 3 is 2.81 bits per heavy atom. The van der Waals surface area contributed by atoms with E-state index < -0.39 is 0 Å². The van der Waals surface area contributed by atoms with E-state index in [4.69, 9.17) is 16.3 Å². The summed E-state index contributed by atoms with van der Waals surface area (Å²) in [6.07, 6.45) is 10.4. The van der Waals surface area contributed by atoms with Crippen molar-refractivity contribution >= 4 is 35.6 Å². The smallest absolute Gasteiger partial charge is 0.264 e. The lowest BCUT2D eigenvalue weighted by Gasteiger charge is -2.35. The number of alkyl halides is 1. The van der Waals surface area contributed by atoms with Gasteiger partial charge in [0.05, 0.1) is 17.1 Å². The summed E-state index contributed by atoms with van der Waals surface area (Å²) < 4.78 is 5.73. The molecule has 0 saturated carbocycles. The number of halogens is 1. The third-order valence-electron chi connectivity index (χ3n) is 4.63. The number of nitrogens with zero attached hydrogens (tertiary/aromatic N) is 2. The minimum atomic E-state index is -0.0325. The molecular weight excluding hydrogens is 430 g/mol. The van der Waals surface area contributed by atoms with Gasteiger partial charge in [0.2, 0.25) is 0 Å². The molecule has 0 bridgehead atoms. The Kier molecular flexibility index (Phi) is 13.9. The minimum Gasteiger partial charge on any atom is -0.490 e. The number of hydrogen-bond donors (Lipinski definition) is 1. The van der Waals surface area contributed by atoms with Crippen molar-refractivity contribution in [3.05, 3.63) is 58.7 Å². The van der Waals surface area contributed by atoms with Crippen LogP contribution >= 0.6 is 22.9 Å². The molecule has 2 unspecified atom stereocenters. The van der Waals surface area contributed by atoms with Gasteiger partial charge in [-0.05, 0) is 51.1 Å². The Morgan fingerprint density at radius 1 is 1.45 bits per heavy atom. The normalized spacial score (nSPS) is 17.6. The molecule has 1 N–H and O–H groups in total. The first-order valence-electron chi connectivity index (χ1n) is 10.8. The SMILES string of the molecule is C=C/C(=C\N=C)OCC1CNCCN1C(=O)c1ccc(C/C=C\CC)s1.CCC(C)Cl. The number of amides is 1. The zero-order chi connectivity index (χ0) is 23.1. The number of thiophene rings is 1. The van der Waals surface area contributed by atoms with Gasteiger partial charge >= 0.3 is 0 Å². The van der Waals surface area contributed by atoms with Gasteiger partial charge in [-0.25, -0.2) is 0 Å². The standard InChI is InChI=1S/C20H27N3O2S.C4H9Cl/c1-4-6-7-8-18-9-10-19(26-18)20(24)23-12-11-22-13-16(23)15-25-17(5-2)14-21-3;1-3-4(2)5/h5-7,9-10,14,16,22H,2-4,8,11-13,15H2,1H3;4H,3H2,1-2H3/b7-6-,17-14+;. The summed E-state index contributed by atoms with van der Waals surface area (Å²) in [6, 6.07) is 3.94. The van der Waals surface area contributed by atoms with E-state index in [9.17, 15) is 4.79 Å². The van der Waals surface area contributed by atoms with Crippen molar-refractivity contribution in [3.63, 3.8) is 0 Å². The van der Waals surface area contributed by atoms with Gasteiger partial charge in [0.25, 0.3) is 5.91 Å². The molecule has 1 aromatic heterocycles. The molecule has 0 radical (unpaired) electrons. The Morgan fingerprint density at radius 2 is 2.19 bits per heavy atom. The highest BCUT2D eigenvalue weighted by atomic mass is 35.5. The molecule has 1 aliphatic heterocycles. The van der Waals surface area contributed by atoms with Crippen molar-refractivity contribution in [2.24, 2.45) is 4.99 Å². The zero-order valence-corrected chi connectivity index (χ0v) is 20.6. The third kappa shape index (κ3) is 10.3. The van der Waals surface area contributed by atoms with E-state index in [0.29, 0.717) is 30.8 Å². The summed E-state index contributed by atoms with van der Waals surface area (Å²) in [6.45, 7) is 15.8. The Bertz CT molecular complexity index is 743. The van der Waals surface area contributed by atoms with Crippen molar-refractivity contribution in [1.82, 2.24) is 10.2 Å². The quantitative estimate of drug-likeness (QED) is 0.164. The number of ether oxygens (including phenoxy) is 1. The molecule has 1 amide bonds. The van der Waals surface area contributed by atoms with Crippen LogP contribution in [-0.2, 0) is 11.2 Å². The van der Waals surface area contributed by atoms with Crippen molar-refractivity contribution in [2.45, 2.75) is 51.5 Å². The van der Waals surface area contributed by atoms with Gasteiger partial charge < -0.3 is 15.0 Å². The maximum Gasteiger partial charge on any atom is 0.264 e. The second-order valence-corrected chi connectivity index (χ2v) is 9.04. The molecule has 2 heterocycles. The fraction of sp³-hybridized carbons (Fsp3) is 0.500. The van der Waals surface area contributed by atoms with Crippen molar-refractivity contribution in [1.29, 1.82) is 0 Å². The molecule has 2 atom stereocenters. The topological polar surface area (TPSA) is 53.9 Å². The molecule has 0 aromatic carbocycles. The van der Waals surface area contributed by atoms with E-state index in [2.05, 4.69) is 49.6 Å². The van der Waals surface area contributed by atoms with E-state index in [1.165, 1.54) is 11.1 Å². The largest absolute Gasteiger partial charge is 0.490 e. The summed E-state index contributed by atoms with van der Waals surface area (Å²) in [7, 11) is 0. The maximum absolute atomic E-state index is 13.0. The first-order valence-corrected chi connectivity index (χ1v) is 12.0. The lowest BCUT2D eigenvalue weighted by atomic mass is 10.2. The summed E-state index contributed by atoms with van der Waals surface area (Å²) in [5.74, 6) is 0.626. The van der Waals surface area contributed by atoms with Gasteiger partial charge in [-0.15, -0.1) is 22.9 Å². The number of carbonyl (C=O) groups is 1. The van der Waals surface area contributed by atoms with E-state index in [-0.39, 0.29) is 11.9 Å². The van der Waals surface area contributed by atoms with Gasteiger partial charge in [0.1, 0.15) is 12.4 Å². The van der Waals surface area contributed by atoms with Crippen LogP contribution in [0.15, 0.2) is 53.9 Å². The molecule has 1 fully saturated rings. The van der Waals surface area contributed by atoms with Gasteiger partial charge in [0, 0.05) is 29.9 Å². The van der Waals surface area contributed by atoms with Crippen LogP contribution in [0.5, 0.6) is 0 Å². The molecule has 31 heavy (non-hydrogen) atoms. The summed E-state index contributed by atoms with van der Waals surface area (Å²) in [5, 5.41) is 3.68.